The summed E-state index contributed by atoms with van der Waals surface area (Å²) in [5.74, 6) is -0.280. The van der Waals surface area contributed by atoms with Crippen molar-refractivity contribution in [2.45, 2.75) is 98.9 Å². The van der Waals surface area contributed by atoms with Crippen molar-refractivity contribution in [3.8, 4) is 0 Å². The molecule has 26 heteroatoms. The Hall–Kier alpha value is -6.83. The number of fused-ring (bicyclic) bond motifs is 3. The molecule has 6 aromatic rings. The molecule has 0 atom stereocenters. The smallest absolute Gasteiger partial charge is 0.425 e. The number of carbonyl (C=O) groups is 3. The van der Waals surface area contributed by atoms with Gasteiger partial charge in [0.25, 0.3) is 0 Å². The van der Waals surface area contributed by atoms with Crippen molar-refractivity contribution in [2.24, 2.45) is 0 Å². The molecule has 7 N–H and O–H groups in total. The van der Waals surface area contributed by atoms with E-state index < -0.39 is 53.3 Å². The number of H-pyrrole nitrogens is 3. The lowest BCUT2D eigenvalue weighted by Crippen LogP contribution is -2.44. The van der Waals surface area contributed by atoms with Crippen molar-refractivity contribution in [3.05, 3.63) is 37.2 Å². The van der Waals surface area contributed by atoms with Crippen LogP contribution in [0.5, 0.6) is 0 Å². The molecule has 0 spiro atoms. The van der Waals surface area contributed by atoms with Gasteiger partial charge in [0.15, 0.2) is 34.4 Å². The zero-order valence-corrected chi connectivity index (χ0v) is 35.8. The number of aliphatic hydroxyl groups is 1. The van der Waals surface area contributed by atoms with Crippen LogP contribution >= 0.6 is 0 Å². The Morgan fingerprint density at radius 2 is 1.10 bits per heavy atom. The molecule has 1 aliphatic rings. The van der Waals surface area contributed by atoms with Gasteiger partial charge in [0.1, 0.15) is 33.4 Å². The average Bonchev–Trinajstić information content (AvgIpc) is 3.95. The van der Waals surface area contributed by atoms with Crippen molar-refractivity contribution in [1.82, 2.24) is 59.8 Å². The Morgan fingerprint density at radius 3 is 1.55 bits per heavy atom. The van der Waals surface area contributed by atoms with E-state index in [0.29, 0.717) is 15.9 Å². The molecule has 7 rings (SSSR count). The minimum Gasteiger partial charge on any atom is -0.444 e. The number of imidazole rings is 3. The maximum atomic E-state index is 13.7. The Morgan fingerprint density at radius 1 is 0.694 bits per heavy atom. The van der Waals surface area contributed by atoms with Crippen LogP contribution < -0.4 is 16.0 Å². The number of aliphatic hydroxyl groups excluding tert-OH is 1. The molecular formula is C36H50F3N15O8. The summed E-state index contributed by atoms with van der Waals surface area (Å²) in [7, 11) is 0. The third kappa shape index (κ3) is 16.0. The first kappa shape index (κ1) is 49.5. The average molecular weight is 878 g/mol. The fourth-order valence-corrected chi connectivity index (χ4v) is 4.45. The highest BCUT2D eigenvalue weighted by Gasteiger charge is 2.36. The third-order valence-corrected chi connectivity index (χ3v) is 6.59. The highest BCUT2D eigenvalue weighted by molar-refractivity contribution is 6.12. The van der Waals surface area contributed by atoms with Crippen LogP contribution in [0.15, 0.2) is 19.0 Å². The van der Waals surface area contributed by atoms with Crippen molar-refractivity contribution >= 4 is 69.2 Å². The van der Waals surface area contributed by atoms with Crippen LogP contribution in [0.4, 0.5) is 45.0 Å². The maximum absolute atomic E-state index is 13.7. The molecular weight excluding hydrogens is 827 g/mol. The molecule has 338 valence electrons. The van der Waals surface area contributed by atoms with Crippen LogP contribution in [0.25, 0.3) is 33.5 Å². The summed E-state index contributed by atoms with van der Waals surface area (Å²) in [4.78, 5) is 77.2. The van der Waals surface area contributed by atoms with Gasteiger partial charge < -0.3 is 44.7 Å². The van der Waals surface area contributed by atoms with Gasteiger partial charge in [0.05, 0.1) is 19.0 Å². The summed E-state index contributed by atoms with van der Waals surface area (Å²) in [5, 5.41) is 9.91. The number of imide groups is 1. The molecule has 62 heavy (non-hydrogen) atoms. The van der Waals surface area contributed by atoms with Gasteiger partial charge >= 0.3 is 36.5 Å². The van der Waals surface area contributed by atoms with Gasteiger partial charge in [0, 0.05) is 19.8 Å². The molecule has 3 amide bonds. The van der Waals surface area contributed by atoms with E-state index in [2.05, 4.69) is 65.1 Å². The molecule has 1 saturated heterocycles. The van der Waals surface area contributed by atoms with Gasteiger partial charge in [-0.3, -0.25) is 5.32 Å². The quantitative estimate of drug-likeness (QED) is 0.0874. The molecule has 6 aromatic heterocycles. The first-order valence-corrected chi connectivity index (χ1v) is 18.7. The Kier molecular flexibility index (Phi) is 17.3. The molecule has 7 heterocycles. The van der Waals surface area contributed by atoms with E-state index in [0.717, 1.165) is 13.2 Å². The van der Waals surface area contributed by atoms with E-state index in [1.165, 1.54) is 31.8 Å². The number of hydrogen-bond donors (Lipinski definition) is 6. The third-order valence-electron chi connectivity index (χ3n) is 6.59. The fraction of sp³-hybridized carbons (Fsp3) is 0.500. The van der Waals surface area contributed by atoms with E-state index in [1.54, 1.807) is 69.2 Å². The van der Waals surface area contributed by atoms with Crippen molar-refractivity contribution < 1.29 is 51.6 Å². The number of anilines is 3. The van der Waals surface area contributed by atoms with Gasteiger partial charge in [-0.05, 0) is 82.1 Å². The standard InChI is InChI=1S/C15H20FN5O4.C10H12FN5O2.C5H4FN5.C4H8O.C2H6O/c1-14(2,3)24-12(22)21(13(23)25-15(4,5)6)10-8-9(18-7-17-8)19-11(16)20-10;1-10(2,3)18-9(17)16-7-5-6(13-4-12-5)14-8(11)15-7;6-5-10-3(7)2-4(11-5)9-1-8-2;1-2-4-5-3-1;1-2-3/h7H,1-6H3,(H,17,18,19,20);4H,1-3H3,(H2,12,13,14,15,16,17);1H,(H3,7,8,9,10,11);1-4H2;3H,2H2,1H3. The van der Waals surface area contributed by atoms with Crippen LogP contribution in [0.2, 0.25) is 0 Å². The van der Waals surface area contributed by atoms with E-state index >= 15 is 0 Å². The molecule has 1 aliphatic heterocycles. The fourth-order valence-electron chi connectivity index (χ4n) is 4.45. The number of amides is 3. The van der Waals surface area contributed by atoms with Crippen molar-refractivity contribution in [3.63, 3.8) is 0 Å². The van der Waals surface area contributed by atoms with Crippen LogP contribution in [-0.4, -0.2) is 120 Å². The molecule has 1 fully saturated rings. The number of aromatic amines is 3. The Bertz CT molecular complexity index is 2370. The van der Waals surface area contributed by atoms with Gasteiger partial charge in [-0.1, -0.05) is 0 Å². The second-order valence-corrected chi connectivity index (χ2v) is 15.4. The predicted molar refractivity (Wildman–Crippen MR) is 217 cm³/mol. The van der Waals surface area contributed by atoms with E-state index in [9.17, 15) is 27.6 Å². The lowest BCUT2D eigenvalue weighted by Gasteiger charge is -2.28. The molecule has 0 unspecified atom stereocenters. The SMILES string of the molecule is C1CCOC1.CC(C)(C)OC(=O)N(C(=O)OC(C)(C)C)c1nc(F)nc2nc[nH]c12.CC(C)(C)OC(=O)Nc1nc(F)nc2nc[nH]c12.CCO.Nc1nc(F)nc2nc[nH]c12. The lowest BCUT2D eigenvalue weighted by molar-refractivity contribution is 0.0428. The number of nitrogen functional groups attached to an aromatic ring is 1. The lowest BCUT2D eigenvalue weighted by atomic mass is 10.2. The number of carbonyl (C=O) groups excluding carboxylic acids is 3. The van der Waals surface area contributed by atoms with E-state index in [4.69, 9.17) is 29.8 Å². The molecule has 23 nitrogen and oxygen atoms in total. The zero-order chi connectivity index (χ0) is 46.4. The number of hydrogen-bond acceptors (Lipinski definition) is 18. The van der Waals surface area contributed by atoms with Crippen molar-refractivity contribution in [1.29, 1.82) is 0 Å². The molecule has 0 aliphatic carbocycles. The summed E-state index contributed by atoms with van der Waals surface area (Å²) in [6.45, 7) is 18.9. The largest absolute Gasteiger partial charge is 0.444 e. The maximum Gasteiger partial charge on any atom is 0.425 e. The molecule has 0 aromatic carbocycles. The van der Waals surface area contributed by atoms with Gasteiger partial charge in [-0.2, -0.15) is 48.0 Å². The number of nitrogens with two attached hydrogens (primary N) is 1. The van der Waals surface area contributed by atoms with Crippen LogP contribution in [-0.2, 0) is 18.9 Å². The zero-order valence-electron chi connectivity index (χ0n) is 35.8. The number of rotatable bonds is 2. The van der Waals surface area contributed by atoms with Crippen LogP contribution in [0, 0.1) is 18.2 Å². The van der Waals surface area contributed by atoms with Gasteiger partial charge in [-0.15, -0.1) is 0 Å². The molecule has 0 bridgehead atoms. The van der Waals surface area contributed by atoms with Crippen LogP contribution in [0.1, 0.15) is 82.1 Å². The summed E-state index contributed by atoms with van der Waals surface area (Å²) < 4.78 is 59.7. The molecule has 0 saturated carbocycles. The Labute approximate surface area is 352 Å². The highest BCUT2D eigenvalue weighted by Crippen LogP contribution is 2.25. The number of aromatic nitrogens is 12. The van der Waals surface area contributed by atoms with Gasteiger partial charge in [-0.25, -0.2) is 29.3 Å². The van der Waals surface area contributed by atoms with Gasteiger partial charge in [0.2, 0.25) is 0 Å². The van der Waals surface area contributed by atoms with Crippen molar-refractivity contribution in [2.75, 3.05) is 35.8 Å². The summed E-state index contributed by atoms with van der Waals surface area (Å²) in [6, 6.07) is 0. The topological polar surface area (TPSA) is 313 Å². The monoisotopic (exact) mass is 877 g/mol. The number of ether oxygens (including phenoxy) is 4. The van der Waals surface area contributed by atoms with E-state index in [-0.39, 0.29) is 46.5 Å². The number of nitrogens with one attached hydrogen (secondary N) is 4. The molecule has 0 radical (unpaired) electrons. The highest BCUT2D eigenvalue weighted by atomic mass is 19.1. The minimum absolute atomic E-state index is 0.00995. The first-order valence-electron chi connectivity index (χ1n) is 18.7. The first-order chi connectivity index (χ1) is 28.9. The Balaban J connectivity index is 0.000000239. The second-order valence-electron chi connectivity index (χ2n) is 15.4. The summed E-state index contributed by atoms with van der Waals surface area (Å²) in [5.41, 5.74) is 4.13. The minimum atomic E-state index is -1.15. The number of halogens is 3. The van der Waals surface area contributed by atoms with E-state index in [1.807, 2.05) is 0 Å². The second kappa shape index (κ2) is 21.6. The normalized spacial score (nSPS) is 12.4. The summed E-state index contributed by atoms with van der Waals surface area (Å²) in [6.07, 6.45) is 0.691. The summed E-state index contributed by atoms with van der Waals surface area (Å²) >= 11 is 0. The van der Waals surface area contributed by atoms with Crippen LogP contribution in [0.3, 0.4) is 0 Å². The number of nitrogens with zero attached hydrogens (tertiary/aromatic N) is 10. The predicted octanol–water partition coefficient (Wildman–Crippen LogP) is 5.88.